The van der Waals surface area contributed by atoms with Gasteiger partial charge in [-0.1, -0.05) is 74.4 Å². The normalized spacial score (nSPS) is 21.0. The molecule has 42 heavy (non-hydrogen) atoms. The van der Waals surface area contributed by atoms with Crippen LogP contribution in [0.2, 0.25) is 0 Å². The summed E-state index contributed by atoms with van der Waals surface area (Å²) < 4.78 is 10.9. The minimum absolute atomic E-state index is 0.0403. The van der Waals surface area contributed by atoms with Crippen LogP contribution in [0.1, 0.15) is 90.0 Å². The molecule has 0 aromatic heterocycles. The molecule has 1 aromatic carbocycles. The van der Waals surface area contributed by atoms with Crippen LogP contribution in [-0.2, 0) is 30.3 Å². The van der Waals surface area contributed by atoms with Crippen LogP contribution in [0.3, 0.4) is 0 Å². The maximum absolute atomic E-state index is 12.6. The lowest BCUT2D eigenvalue weighted by molar-refractivity contribution is -0.154. The van der Waals surface area contributed by atoms with E-state index in [1.807, 2.05) is 55.5 Å². The number of amides is 1. The smallest absolute Gasteiger partial charge is 0.306 e. The van der Waals surface area contributed by atoms with Crippen molar-refractivity contribution in [2.45, 2.75) is 109 Å². The van der Waals surface area contributed by atoms with Crippen LogP contribution in [0.4, 0.5) is 0 Å². The summed E-state index contributed by atoms with van der Waals surface area (Å²) in [4.78, 5) is 36.3. The van der Waals surface area contributed by atoms with Crippen molar-refractivity contribution < 1.29 is 34.1 Å². The number of hydrogen-bond acceptors (Lipinski definition) is 7. The van der Waals surface area contributed by atoms with Crippen molar-refractivity contribution >= 4 is 17.8 Å². The number of aliphatic hydroxyl groups excluding tert-OH is 2. The molecule has 1 aliphatic carbocycles. The number of esters is 2. The van der Waals surface area contributed by atoms with E-state index in [-0.39, 0.29) is 37.0 Å². The van der Waals surface area contributed by atoms with Crippen LogP contribution in [-0.4, -0.2) is 59.5 Å². The monoisotopic (exact) mass is 585 g/mol. The van der Waals surface area contributed by atoms with Gasteiger partial charge in [-0.25, -0.2) is 0 Å². The summed E-state index contributed by atoms with van der Waals surface area (Å²) >= 11 is 0. The first kappa shape index (κ1) is 35.2. The van der Waals surface area contributed by atoms with Crippen LogP contribution >= 0.6 is 0 Å². The second-order valence-electron chi connectivity index (χ2n) is 11.0. The van der Waals surface area contributed by atoms with Gasteiger partial charge in [-0.15, -0.1) is 0 Å². The van der Waals surface area contributed by atoms with Gasteiger partial charge in [-0.05, 0) is 56.9 Å². The Morgan fingerprint density at radius 1 is 1.02 bits per heavy atom. The average molecular weight is 586 g/mol. The molecule has 234 valence electrons. The molecule has 3 N–H and O–H groups in total. The highest BCUT2D eigenvalue weighted by Crippen LogP contribution is 2.38. The molecule has 1 aliphatic rings. The van der Waals surface area contributed by atoms with Gasteiger partial charge in [0.15, 0.2) is 0 Å². The maximum Gasteiger partial charge on any atom is 0.306 e. The Bertz CT molecular complexity index is 977. The number of benzene rings is 1. The van der Waals surface area contributed by atoms with E-state index < -0.39 is 30.3 Å². The van der Waals surface area contributed by atoms with Gasteiger partial charge in [0, 0.05) is 25.3 Å². The van der Waals surface area contributed by atoms with Crippen LogP contribution in [0.15, 0.2) is 54.6 Å². The first-order valence-electron chi connectivity index (χ1n) is 15.7. The molecule has 2 rings (SSSR count). The van der Waals surface area contributed by atoms with E-state index in [0.717, 1.165) is 44.1 Å². The van der Waals surface area contributed by atoms with E-state index in [1.165, 1.54) is 0 Å². The number of allylic oxidation sites excluding steroid dienone is 2. The molecule has 8 nitrogen and oxygen atoms in total. The molecule has 5 atom stereocenters. The fourth-order valence-electron chi connectivity index (χ4n) is 5.20. The Labute approximate surface area is 251 Å². The number of ether oxygens (including phenoxy) is 2. The third-order valence-corrected chi connectivity index (χ3v) is 7.57. The zero-order valence-electron chi connectivity index (χ0n) is 25.4. The lowest BCUT2D eigenvalue weighted by Crippen LogP contribution is -2.25. The zero-order valence-corrected chi connectivity index (χ0v) is 25.4. The van der Waals surface area contributed by atoms with Crippen LogP contribution in [0.25, 0.3) is 0 Å². The second-order valence-corrected chi connectivity index (χ2v) is 11.0. The summed E-state index contributed by atoms with van der Waals surface area (Å²) in [5.74, 6) is -1.34. The quantitative estimate of drug-likeness (QED) is 0.109. The molecule has 0 aliphatic heterocycles. The number of rotatable bonds is 20. The van der Waals surface area contributed by atoms with E-state index in [4.69, 9.17) is 9.47 Å². The van der Waals surface area contributed by atoms with Crippen molar-refractivity contribution in [1.29, 1.82) is 0 Å². The lowest BCUT2D eigenvalue weighted by Gasteiger charge is -2.22. The number of unbranched alkanes of at least 4 members (excludes halogenated alkanes) is 3. The van der Waals surface area contributed by atoms with Gasteiger partial charge in [-0.3, -0.25) is 14.4 Å². The number of carbonyl (C=O) groups excluding carboxylic acids is 3. The minimum atomic E-state index is -0.678. The minimum Gasteiger partial charge on any atom is -0.466 e. The number of aryl methyl sites for hydroxylation is 1. The Morgan fingerprint density at radius 2 is 1.79 bits per heavy atom. The summed E-state index contributed by atoms with van der Waals surface area (Å²) in [6, 6.07) is 9.96. The highest BCUT2D eigenvalue weighted by Gasteiger charge is 2.42. The molecule has 1 amide bonds. The molecule has 0 bridgehead atoms. The van der Waals surface area contributed by atoms with Gasteiger partial charge in [0.05, 0.1) is 31.7 Å². The Morgan fingerprint density at radius 3 is 2.52 bits per heavy atom. The fourth-order valence-corrected chi connectivity index (χ4v) is 5.20. The van der Waals surface area contributed by atoms with E-state index in [1.54, 1.807) is 6.08 Å². The fraction of sp³-hybridized carbons (Fsp3) is 0.618. The first-order valence-corrected chi connectivity index (χ1v) is 15.7. The molecule has 0 saturated heterocycles. The standard InChI is InChI=1S/C34H51NO7/c1-3-5-13-24-41-33(39)22-23-34(40)42-31-25-30(37)28(16-11-6-7-12-17-32(38)35-4-2)29(31)21-20-27(36)19-18-26-14-9-8-10-15-26/h6,8-11,14-15,20-21,27-31,36-37H,3-5,7,12-13,16-19,22-25H2,1-2H3,(H,35,38)/b11-6-,21-20+/t27-,28+,29+,30-,31+/m0/s1. The van der Waals surface area contributed by atoms with Crippen molar-refractivity contribution in [3.63, 3.8) is 0 Å². The summed E-state index contributed by atoms with van der Waals surface area (Å²) in [7, 11) is 0. The van der Waals surface area contributed by atoms with Gasteiger partial charge in [0.1, 0.15) is 6.10 Å². The third kappa shape index (κ3) is 14.3. The molecule has 8 heteroatoms. The molecule has 0 unspecified atom stereocenters. The van der Waals surface area contributed by atoms with Gasteiger partial charge in [0.25, 0.3) is 0 Å². The summed E-state index contributed by atoms with van der Waals surface area (Å²) in [5.41, 5.74) is 1.15. The molecule has 0 heterocycles. The Kier molecular flexibility index (Phi) is 17.5. The van der Waals surface area contributed by atoms with Gasteiger partial charge in [-0.2, -0.15) is 0 Å². The summed E-state index contributed by atoms with van der Waals surface area (Å²) in [5, 5.41) is 24.3. The number of aliphatic hydroxyl groups is 2. The van der Waals surface area contributed by atoms with E-state index in [2.05, 4.69) is 12.2 Å². The van der Waals surface area contributed by atoms with Crippen LogP contribution in [0.5, 0.6) is 0 Å². The van der Waals surface area contributed by atoms with Crippen molar-refractivity contribution in [3.05, 3.63) is 60.2 Å². The molecular formula is C34H51NO7. The highest BCUT2D eigenvalue weighted by molar-refractivity contribution is 5.77. The second kappa shape index (κ2) is 20.8. The average Bonchev–Trinajstić information content (AvgIpc) is 3.27. The van der Waals surface area contributed by atoms with E-state index in [9.17, 15) is 24.6 Å². The largest absolute Gasteiger partial charge is 0.466 e. The highest BCUT2D eigenvalue weighted by atomic mass is 16.5. The van der Waals surface area contributed by atoms with Gasteiger partial charge < -0.3 is 25.0 Å². The number of nitrogens with one attached hydrogen (secondary N) is 1. The van der Waals surface area contributed by atoms with E-state index in [0.29, 0.717) is 32.4 Å². The molecule has 1 aromatic rings. The van der Waals surface area contributed by atoms with Crippen LogP contribution < -0.4 is 5.32 Å². The maximum atomic E-state index is 12.6. The van der Waals surface area contributed by atoms with Gasteiger partial charge in [0.2, 0.25) is 5.91 Å². The topological polar surface area (TPSA) is 122 Å². The van der Waals surface area contributed by atoms with Gasteiger partial charge >= 0.3 is 11.9 Å². The summed E-state index contributed by atoms with van der Waals surface area (Å²) in [6.45, 7) is 4.95. The third-order valence-electron chi connectivity index (χ3n) is 7.57. The van der Waals surface area contributed by atoms with Crippen molar-refractivity contribution in [2.24, 2.45) is 11.8 Å². The lowest BCUT2D eigenvalue weighted by atomic mass is 9.89. The molecule has 0 radical (unpaired) electrons. The predicted molar refractivity (Wildman–Crippen MR) is 163 cm³/mol. The van der Waals surface area contributed by atoms with E-state index >= 15 is 0 Å². The molecular weight excluding hydrogens is 534 g/mol. The number of carbonyl (C=O) groups is 3. The first-order chi connectivity index (χ1) is 20.3. The van der Waals surface area contributed by atoms with Crippen LogP contribution in [0, 0.1) is 11.8 Å². The molecule has 0 spiro atoms. The van der Waals surface area contributed by atoms with Crippen molar-refractivity contribution in [3.8, 4) is 0 Å². The van der Waals surface area contributed by atoms with Crippen molar-refractivity contribution in [1.82, 2.24) is 5.32 Å². The summed E-state index contributed by atoms with van der Waals surface area (Å²) in [6.07, 6.45) is 12.6. The Balaban J connectivity index is 1.96. The predicted octanol–water partition coefficient (Wildman–Crippen LogP) is 5.21. The Hall–Kier alpha value is -2.97. The molecule has 1 fully saturated rings. The van der Waals surface area contributed by atoms with Crippen molar-refractivity contribution in [2.75, 3.05) is 13.2 Å². The number of hydrogen-bond donors (Lipinski definition) is 3. The SMILES string of the molecule is CCCCCOC(=O)CCC(=O)O[C@@H]1C[C@H](O)[C@H](C/C=C\CCCC(=O)NCC)[C@H]1/C=C/[C@@H](O)CCc1ccccc1. The molecule has 1 saturated carbocycles. The zero-order chi connectivity index (χ0) is 30.6.